The second kappa shape index (κ2) is 3.35. The number of aliphatic hydroxyl groups excluding tert-OH is 1. The van der Waals surface area contributed by atoms with Crippen LogP contribution in [-0.2, 0) is 0 Å². The summed E-state index contributed by atoms with van der Waals surface area (Å²) in [5, 5.41) is 9.28. The molecule has 2 aliphatic carbocycles. The summed E-state index contributed by atoms with van der Waals surface area (Å²) in [6.07, 6.45) is 5.44. The van der Waals surface area contributed by atoms with E-state index >= 15 is 0 Å². The fraction of sp³-hybridized carbons (Fsp3) is 0.583. The van der Waals surface area contributed by atoms with Gasteiger partial charge in [0.25, 0.3) is 5.56 Å². The van der Waals surface area contributed by atoms with E-state index in [1.54, 1.807) is 4.57 Å². The fourth-order valence-corrected chi connectivity index (χ4v) is 2.34. The van der Waals surface area contributed by atoms with Crippen molar-refractivity contribution in [2.75, 3.05) is 5.73 Å². The number of nitrogens with zero attached hydrogens (tertiary/aromatic N) is 1. The van der Waals surface area contributed by atoms with Gasteiger partial charge in [0, 0.05) is 12.2 Å². The molecule has 2 saturated carbocycles. The highest BCUT2D eigenvalue weighted by molar-refractivity contribution is 5.40. The number of hydrogen-bond donors (Lipinski definition) is 2. The molecule has 0 amide bonds. The molecular weight excluding hydrogens is 204 g/mol. The maximum Gasteiger partial charge on any atom is 0.273 e. The molecule has 0 aliphatic heterocycles. The van der Waals surface area contributed by atoms with Crippen LogP contribution in [0.4, 0.5) is 5.69 Å². The van der Waals surface area contributed by atoms with Crippen molar-refractivity contribution in [3.8, 4) is 0 Å². The Morgan fingerprint density at radius 3 is 2.62 bits per heavy atom. The van der Waals surface area contributed by atoms with Crippen LogP contribution in [0.5, 0.6) is 0 Å². The summed E-state index contributed by atoms with van der Waals surface area (Å²) < 4.78 is 1.72. The Bertz CT molecular complexity index is 470. The first-order valence-electron chi connectivity index (χ1n) is 5.85. The first-order valence-corrected chi connectivity index (χ1v) is 5.85. The fourth-order valence-electron chi connectivity index (χ4n) is 2.34. The lowest BCUT2D eigenvalue weighted by atomic mass is 9.89. The molecule has 86 valence electrons. The van der Waals surface area contributed by atoms with E-state index in [0.29, 0.717) is 24.4 Å². The van der Waals surface area contributed by atoms with Crippen molar-refractivity contribution in [1.29, 1.82) is 0 Å². The van der Waals surface area contributed by atoms with Crippen LogP contribution in [-0.4, -0.2) is 15.8 Å². The van der Waals surface area contributed by atoms with Gasteiger partial charge in [0.1, 0.15) is 0 Å². The molecule has 0 saturated heterocycles. The monoisotopic (exact) mass is 220 g/mol. The molecule has 0 unspecified atom stereocenters. The number of nitrogen functional groups attached to an aromatic ring is 1. The van der Waals surface area contributed by atoms with Gasteiger partial charge in [0.05, 0.1) is 11.8 Å². The Labute approximate surface area is 93.7 Å². The van der Waals surface area contributed by atoms with Crippen molar-refractivity contribution in [3.05, 3.63) is 28.2 Å². The maximum absolute atomic E-state index is 11.9. The van der Waals surface area contributed by atoms with E-state index in [1.165, 1.54) is 18.4 Å². The highest BCUT2D eigenvalue weighted by atomic mass is 16.3. The van der Waals surface area contributed by atoms with E-state index in [2.05, 4.69) is 0 Å². The van der Waals surface area contributed by atoms with Crippen LogP contribution in [0.3, 0.4) is 0 Å². The van der Waals surface area contributed by atoms with Gasteiger partial charge in [0.2, 0.25) is 0 Å². The molecule has 3 N–H and O–H groups in total. The third-order valence-corrected chi connectivity index (χ3v) is 3.62. The van der Waals surface area contributed by atoms with Gasteiger partial charge in [-0.15, -0.1) is 0 Å². The molecule has 1 aromatic rings. The predicted molar refractivity (Wildman–Crippen MR) is 61.4 cm³/mol. The molecule has 2 fully saturated rings. The van der Waals surface area contributed by atoms with E-state index in [-0.39, 0.29) is 17.7 Å². The molecule has 4 heteroatoms. The number of aromatic nitrogens is 1. The van der Waals surface area contributed by atoms with Gasteiger partial charge in [-0.25, -0.2) is 0 Å². The van der Waals surface area contributed by atoms with Crippen molar-refractivity contribution >= 4 is 5.69 Å². The summed E-state index contributed by atoms with van der Waals surface area (Å²) >= 11 is 0. The van der Waals surface area contributed by atoms with Crippen LogP contribution < -0.4 is 11.3 Å². The standard InChI is InChI=1S/C12H16N2O2/c13-11-3-8(7-1-2-7)6-14(12(11)16)9-4-10(15)5-9/h3,6-7,9-10,15H,1-2,4-5,13H2/t9-,10+. The number of pyridine rings is 1. The van der Waals surface area contributed by atoms with E-state index < -0.39 is 0 Å². The first-order chi connectivity index (χ1) is 7.65. The summed E-state index contributed by atoms with van der Waals surface area (Å²) in [5.41, 5.74) is 7.15. The minimum atomic E-state index is -0.247. The van der Waals surface area contributed by atoms with E-state index in [9.17, 15) is 9.90 Å². The second-order valence-electron chi connectivity index (χ2n) is 4.99. The van der Waals surface area contributed by atoms with Gasteiger partial charge in [-0.3, -0.25) is 4.79 Å². The number of hydrogen-bond acceptors (Lipinski definition) is 3. The van der Waals surface area contributed by atoms with Gasteiger partial charge in [-0.05, 0) is 43.2 Å². The molecule has 0 bridgehead atoms. The van der Waals surface area contributed by atoms with E-state index in [0.717, 1.165) is 0 Å². The SMILES string of the molecule is Nc1cc(C2CC2)cn([C@H]2C[C@@H](O)C2)c1=O. The number of anilines is 1. The van der Waals surface area contributed by atoms with Crippen LogP contribution in [0.2, 0.25) is 0 Å². The lowest BCUT2D eigenvalue weighted by Crippen LogP contribution is -2.37. The first kappa shape index (κ1) is 9.90. The molecule has 4 nitrogen and oxygen atoms in total. The van der Waals surface area contributed by atoms with E-state index in [4.69, 9.17) is 5.73 Å². The minimum Gasteiger partial charge on any atom is -0.394 e. The van der Waals surface area contributed by atoms with Crippen LogP contribution in [0.25, 0.3) is 0 Å². The van der Waals surface area contributed by atoms with Crippen molar-refractivity contribution in [2.24, 2.45) is 0 Å². The Balaban J connectivity index is 1.98. The normalized spacial score (nSPS) is 28.8. The molecular formula is C12H16N2O2. The van der Waals surface area contributed by atoms with Gasteiger partial charge in [0.15, 0.2) is 0 Å². The van der Waals surface area contributed by atoms with Crippen LogP contribution in [0.15, 0.2) is 17.1 Å². The molecule has 1 heterocycles. The van der Waals surface area contributed by atoms with Crippen LogP contribution >= 0.6 is 0 Å². The van der Waals surface area contributed by atoms with Crippen molar-refractivity contribution < 1.29 is 5.11 Å². The molecule has 0 radical (unpaired) electrons. The van der Waals surface area contributed by atoms with Gasteiger partial charge >= 0.3 is 0 Å². The van der Waals surface area contributed by atoms with Crippen molar-refractivity contribution in [2.45, 2.75) is 43.7 Å². The molecule has 1 aromatic heterocycles. The number of aliphatic hydroxyl groups is 1. The van der Waals surface area contributed by atoms with Crippen LogP contribution in [0.1, 0.15) is 43.2 Å². The lowest BCUT2D eigenvalue weighted by Gasteiger charge is -2.33. The zero-order chi connectivity index (χ0) is 11.3. The Morgan fingerprint density at radius 2 is 2.06 bits per heavy atom. The topological polar surface area (TPSA) is 68.2 Å². The van der Waals surface area contributed by atoms with Crippen molar-refractivity contribution in [1.82, 2.24) is 4.57 Å². The average Bonchev–Trinajstić information content (AvgIpc) is 3.01. The van der Waals surface area contributed by atoms with Gasteiger partial charge < -0.3 is 15.4 Å². The third kappa shape index (κ3) is 1.53. The smallest absolute Gasteiger partial charge is 0.273 e. The molecule has 0 atom stereocenters. The van der Waals surface area contributed by atoms with Gasteiger partial charge in [-0.1, -0.05) is 0 Å². The molecule has 0 aromatic carbocycles. The van der Waals surface area contributed by atoms with E-state index in [1.807, 2.05) is 12.3 Å². The van der Waals surface area contributed by atoms with Crippen LogP contribution in [0, 0.1) is 0 Å². The summed E-state index contributed by atoms with van der Waals surface area (Å²) in [4.78, 5) is 11.9. The summed E-state index contributed by atoms with van der Waals surface area (Å²) in [7, 11) is 0. The zero-order valence-electron chi connectivity index (χ0n) is 9.10. The maximum atomic E-state index is 11.9. The predicted octanol–water partition coefficient (Wildman–Crippen LogP) is 1.00. The minimum absolute atomic E-state index is 0.110. The number of nitrogens with two attached hydrogens (primary N) is 1. The summed E-state index contributed by atoms with van der Waals surface area (Å²) in [5.74, 6) is 0.596. The summed E-state index contributed by atoms with van der Waals surface area (Å²) in [6, 6.07) is 1.95. The average molecular weight is 220 g/mol. The molecule has 16 heavy (non-hydrogen) atoms. The highest BCUT2D eigenvalue weighted by Crippen LogP contribution is 2.41. The highest BCUT2D eigenvalue weighted by Gasteiger charge is 2.31. The molecule has 0 spiro atoms. The van der Waals surface area contributed by atoms with Crippen molar-refractivity contribution in [3.63, 3.8) is 0 Å². The Hall–Kier alpha value is -1.29. The zero-order valence-corrected chi connectivity index (χ0v) is 9.10. The summed E-state index contributed by atoms with van der Waals surface area (Å²) in [6.45, 7) is 0. The largest absolute Gasteiger partial charge is 0.394 e. The Kier molecular flexibility index (Phi) is 2.07. The molecule has 2 aliphatic rings. The second-order valence-corrected chi connectivity index (χ2v) is 4.99. The third-order valence-electron chi connectivity index (χ3n) is 3.62. The Morgan fingerprint density at radius 1 is 1.38 bits per heavy atom. The molecule has 3 rings (SSSR count). The quantitative estimate of drug-likeness (QED) is 0.781. The lowest BCUT2D eigenvalue weighted by molar-refractivity contribution is 0.0471. The number of rotatable bonds is 2. The van der Waals surface area contributed by atoms with Gasteiger partial charge in [-0.2, -0.15) is 0 Å².